The summed E-state index contributed by atoms with van der Waals surface area (Å²) < 4.78 is 24.4. The summed E-state index contributed by atoms with van der Waals surface area (Å²) in [5.41, 5.74) is 0.133. The summed E-state index contributed by atoms with van der Waals surface area (Å²) in [5, 5.41) is 13.2. The molecule has 1 aliphatic heterocycles. The van der Waals surface area contributed by atoms with E-state index in [1.807, 2.05) is 0 Å². The molecule has 114 valence electrons. The van der Waals surface area contributed by atoms with E-state index in [1.54, 1.807) is 0 Å². The summed E-state index contributed by atoms with van der Waals surface area (Å²) in [6, 6.07) is 4.76. The Morgan fingerprint density at radius 1 is 1.48 bits per heavy atom. The van der Waals surface area contributed by atoms with Gasteiger partial charge in [-0.1, -0.05) is 6.07 Å². The minimum absolute atomic E-state index is 0.140. The largest absolute Gasteiger partial charge is 0.324 e. The topological polar surface area (TPSA) is 110 Å². The van der Waals surface area contributed by atoms with Crippen LogP contribution in [0.2, 0.25) is 0 Å². The molecule has 8 nitrogen and oxygen atoms in total. The van der Waals surface area contributed by atoms with E-state index < -0.39 is 26.9 Å². The second-order valence-corrected chi connectivity index (χ2v) is 6.76. The van der Waals surface area contributed by atoms with Gasteiger partial charge < -0.3 is 5.32 Å². The molecule has 1 aromatic rings. The molecule has 1 atom stereocenters. The van der Waals surface area contributed by atoms with Crippen LogP contribution in [0, 0.1) is 10.1 Å². The van der Waals surface area contributed by atoms with Crippen molar-refractivity contribution in [3.8, 4) is 0 Å². The minimum atomic E-state index is -3.45. The van der Waals surface area contributed by atoms with Crippen molar-refractivity contribution < 1.29 is 18.1 Å². The number of carbonyl (C=O) groups is 1. The molecule has 1 N–H and O–H groups in total. The van der Waals surface area contributed by atoms with Crippen molar-refractivity contribution in [1.82, 2.24) is 4.31 Å². The Bertz CT molecular complexity index is 673. The predicted molar refractivity (Wildman–Crippen MR) is 76.3 cm³/mol. The molecule has 0 radical (unpaired) electrons. The van der Waals surface area contributed by atoms with Crippen LogP contribution in [0.1, 0.15) is 12.8 Å². The molecule has 0 saturated carbocycles. The maximum absolute atomic E-state index is 12.2. The highest BCUT2D eigenvalue weighted by Gasteiger charge is 2.36. The Hall–Kier alpha value is -2.00. The van der Waals surface area contributed by atoms with Gasteiger partial charge in [0.25, 0.3) is 5.69 Å². The second-order valence-electron chi connectivity index (χ2n) is 4.83. The number of hydrogen-bond acceptors (Lipinski definition) is 5. The normalized spacial score (nSPS) is 19.4. The van der Waals surface area contributed by atoms with Crippen molar-refractivity contribution in [3.63, 3.8) is 0 Å². The van der Waals surface area contributed by atoms with Crippen LogP contribution in [0.25, 0.3) is 0 Å². The summed E-state index contributed by atoms with van der Waals surface area (Å²) in [6.07, 6.45) is 2.11. The fourth-order valence-corrected chi connectivity index (χ4v) is 3.45. The molecule has 2 rings (SSSR count). The Labute approximate surface area is 122 Å². The lowest BCUT2D eigenvalue weighted by atomic mass is 10.2. The van der Waals surface area contributed by atoms with Gasteiger partial charge in [-0.2, -0.15) is 4.31 Å². The van der Waals surface area contributed by atoms with E-state index in [-0.39, 0.29) is 11.4 Å². The van der Waals surface area contributed by atoms with Crippen LogP contribution in [-0.4, -0.2) is 42.4 Å². The lowest BCUT2D eigenvalue weighted by molar-refractivity contribution is -0.384. The highest BCUT2D eigenvalue weighted by molar-refractivity contribution is 7.88. The zero-order valence-corrected chi connectivity index (χ0v) is 12.2. The van der Waals surface area contributed by atoms with Crippen LogP contribution >= 0.6 is 0 Å². The zero-order valence-electron chi connectivity index (χ0n) is 11.4. The first-order valence-corrected chi connectivity index (χ1v) is 8.16. The predicted octanol–water partition coefficient (Wildman–Crippen LogP) is 0.957. The average molecular weight is 313 g/mol. The molecule has 0 bridgehead atoms. The first-order valence-electron chi connectivity index (χ1n) is 6.31. The van der Waals surface area contributed by atoms with E-state index >= 15 is 0 Å². The lowest BCUT2D eigenvalue weighted by Gasteiger charge is -2.21. The summed E-state index contributed by atoms with van der Waals surface area (Å²) in [4.78, 5) is 22.3. The maximum atomic E-state index is 12.2. The number of nitro groups is 1. The van der Waals surface area contributed by atoms with Gasteiger partial charge in [-0.15, -0.1) is 0 Å². The van der Waals surface area contributed by atoms with Crippen LogP contribution < -0.4 is 5.32 Å². The van der Waals surface area contributed by atoms with Crippen molar-refractivity contribution in [3.05, 3.63) is 34.4 Å². The number of anilines is 1. The van der Waals surface area contributed by atoms with Gasteiger partial charge in [0.15, 0.2) is 0 Å². The van der Waals surface area contributed by atoms with Crippen molar-refractivity contribution in [2.24, 2.45) is 0 Å². The van der Waals surface area contributed by atoms with Crippen molar-refractivity contribution in [2.75, 3.05) is 18.1 Å². The average Bonchev–Trinajstić information content (AvgIpc) is 2.88. The molecule has 0 aromatic heterocycles. The number of rotatable bonds is 4. The Morgan fingerprint density at radius 2 is 2.19 bits per heavy atom. The van der Waals surface area contributed by atoms with Gasteiger partial charge in [0.2, 0.25) is 15.9 Å². The molecular weight excluding hydrogens is 298 g/mol. The first-order chi connectivity index (χ1) is 9.79. The molecule has 1 aromatic carbocycles. The van der Waals surface area contributed by atoms with Gasteiger partial charge in [0, 0.05) is 24.4 Å². The Kier molecular flexibility index (Phi) is 4.24. The molecule has 0 unspecified atom stereocenters. The summed E-state index contributed by atoms with van der Waals surface area (Å²) in [5.74, 6) is -0.474. The van der Waals surface area contributed by atoms with Gasteiger partial charge in [-0.25, -0.2) is 8.42 Å². The molecule has 21 heavy (non-hydrogen) atoms. The highest BCUT2D eigenvalue weighted by atomic mass is 32.2. The van der Waals surface area contributed by atoms with Crippen molar-refractivity contribution in [1.29, 1.82) is 0 Å². The molecule has 1 aliphatic rings. The molecule has 1 saturated heterocycles. The van der Waals surface area contributed by atoms with E-state index in [2.05, 4.69) is 5.32 Å². The molecule has 0 aliphatic carbocycles. The number of nitrogens with one attached hydrogen (secondary N) is 1. The SMILES string of the molecule is CS(=O)(=O)N1CCC[C@@H]1C(=O)Nc1cccc([N+](=O)[O-])c1. The number of benzene rings is 1. The highest BCUT2D eigenvalue weighted by Crippen LogP contribution is 2.23. The monoisotopic (exact) mass is 313 g/mol. The Morgan fingerprint density at radius 3 is 2.81 bits per heavy atom. The quantitative estimate of drug-likeness (QED) is 0.657. The van der Waals surface area contributed by atoms with Crippen molar-refractivity contribution >= 4 is 27.3 Å². The smallest absolute Gasteiger partial charge is 0.271 e. The number of nitro benzene ring substituents is 1. The van der Waals surface area contributed by atoms with Crippen LogP contribution in [-0.2, 0) is 14.8 Å². The van der Waals surface area contributed by atoms with Gasteiger partial charge in [0.05, 0.1) is 11.2 Å². The summed E-state index contributed by atoms with van der Waals surface area (Å²) >= 11 is 0. The molecule has 9 heteroatoms. The second kappa shape index (κ2) is 5.78. The standard InChI is InChI=1S/C12H15N3O5S/c1-21(19,20)14-7-3-6-11(14)12(16)13-9-4-2-5-10(8-9)15(17)18/h2,4-5,8,11H,3,6-7H2,1H3,(H,13,16)/t11-/m1/s1. The zero-order chi connectivity index (χ0) is 15.6. The van der Waals surface area contributed by atoms with Crippen LogP contribution in [0.15, 0.2) is 24.3 Å². The molecule has 1 heterocycles. The minimum Gasteiger partial charge on any atom is -0.324 e. The lowest BCUT2D eigenvalue weighted by Crippen LogP contribution is -2.42. The fourth-order valence-electron chi connectivity index (χ4n) is 2.32. The molecule has 0 spiro atoms. The number of nitrogens with zero attached hydrogens (tertiary/aromatic N) is 2. The van der Waals surface area contributed by atoms with Gasteiger partial charge in [-0.3, -0.25) is 14.9 Å². The van der Waals surface area contributed by atoms with E-state index in [1.165, 1.54) is 24.3 Å². The number of hydrogen-bond donors (Lipinski definition) is 1. The molecule has 1 amide bonds. The van der Waals surface area contributed by atoms with E-state index in [4.69, 9.17) is 0 Å². The number of sulfonamides is 1. The maximum Gasteiger partial charge on any atom is 0.271 e. The van der Waals surface area contributed by atoms with Gasteiger partial charge in [0.1, 0.15) is 6.04 Å². The molecule has 1 fully saturated rings. The molecular formula is C12H15N3O5S. The first kappa shape index (κ1) is 15.4. The van der Waals surface area contributed by atoms with Gasteiger partial charge >= 0.3 is 0 Å². The fraction of sp³-hybridized carbons (Fsp3) is 0.417. The van der Waals surface area contributed by atoms with Crippen molar-refractivity contribution in [2.45, 2.75) is 18.9 Å². The third-order valence-corrected chi connectivity index (χ3v) is 4.55. The number of carbonyl (C=O) groups excluding carboxylic acids is 1. The number of amides is 1. The van der Waals surface area contributed by atoms with E-state index in [0.29, 0.717) is 19.4 Å². The third-order valence-electron chi connectivity index (χ3n) is 3.26. The van der Waals surface area contributed by atoms with Crippen LogP contribution in [0.5, 0.6) is 0 Å². The third kappa shape index (κ3) is 3.56. The summed E-state index contributed by atoms with van der Waals surface area (Å²) in [7, 11) is -3.45. The Balaban J connectivity index is 2.14. The van der Waals surface area contributed by atoms with E-state index in [9.17, 15) is 23.3 Å². The van der Waals surface area contributed by atoms with E-state index in [0.717, 1.165) is 10.6 Å². The summed E-state index contributed by atoms with van der Waals surface area (Å²) in [6.45, 7) is 0.311. The number of non-ortho nitro benzene ring substituents is 1. The van der Waals surface area contributed by atoms with Crippen LogP contribution in [0.4, 0.5) is 11.4 Å². The van der Waals surface area contributed by atoms with Gasteiger partial charge in [-0.05, 0) is 18.9 Å². The van der Waals surface area contributed by atoms with Crippen LogP contribution in [0.3, 0.4) is 0 Å².